The Kier molecular flexibility index (Phi) is 2.64. The minimum Gasteiger partial charge on any atom is -0.379 e. The minimum absolute atomic E-state index is 0.0457. The Morgan fingerprint density at radius 2 is 2.25 bits per heavy atom. The number of likely N-dealkylation sites (tertiary alicyclic amines) is 1. The van der Waals surface area contributed by atoms with Gasteiger partial charge in [-0.2, -0.15) is 0 Å². The summed E-state index contributed by atoms with van der Waals surface area (Å²) < 4.78 is 5.41. The molecule has 3 aliphatic rings. The number of carbonyl (C=O) groups is 1. The molecule has 90 valence electrons. The molecule has 1 N–H and O–H groups in total. The minimum atomic E-state index is 0.0457. The number of piperidine rings is 1. The van der Waals surface area contributed by atoms with Crippen molar-refractivity contribution in [3.8, 4) is 0 Å². The van der Waals surface area contributed by atoms with Crippen molar-refractivity contribution in [2.45, 2.75) is 31.3 Å². The zero-order valence-electron chi connectivity index (χ0n) is 9.82. The molecule has 16 heavy (non-hydrogen) atoms. The van der Waals surface area contributed by atoms with Crippen molar-refractivity contribution in [3.63, 3.8) is 0 Å². The highest BCUT2D eigenvalue weighted by Crippen LogP contribution is 2.38. The molecule has 2 saturated heterocycles. The molecule has 0 spiro atoms. The van der Waals surface area contributed by atoms with Crippen molar-refractivity contribution in [2.24, 2.45) is 11.8 Å². The summed E-state index contributed by atoms with van der Waals surface area (Å²) in [5.41, 5.74) is 0. The van der Waals surface area contributed by atoms with Crippen LogP contribution in [0.2, 0.25) is 0 Å². The molecule has 1 saturated carbocycles. The predicted octanol–water partition coefficient (Wildman–Crippen LogP) is 0.232. The summed E-state index contributed by atoms with van der Waals surface area (Å²) in [7, 11) is 1.91. The first-order valence-corrected chi connectivity index (χ1v) is 6.35. The van der Waals surface area contributed by atoms with E-state index >= 15 is 0 Å². The van der Waals surface area contributed by atoms with Crippen molar-refractivity contribution in [3.05, 3.63) is 0 Å². The Balaban J connectivity index is 1.68. The van der Waals surface area contributed by atoms with Crippen LogP contribution < -0.4 is 5.32 Å². The van der Waals surface area contributed by atoms with Crippen LogP contribution in [-0.4, -0.2) is 49.7 Å². The third-order valence-corrected chi connectivity index (χ3v) is 4.46. The molecule has 2 heterocycles. The summed E-state index contributed by atoms with van der Waals surface area (Å²) in [5, 5.41) is 3.19. The van der Waals surface area contributed by atoms with Crippen LogP contribution in [0.15, 0.2) is 0 Å². The standard InChI is InChI=1S/C12H20N2O2/c1-13-11-7-16-6-10(11)12(15)14-5-8-2-3-9(14)4-8/h8-11,13H,2-7H2,1H3. The number of hydrogen-bond donors (Lipinski definition) is 1. The fourth-order valence-corrected chi connectivity index (χ4v) is 3.49. The van der Waals surface area contributed by atoms with Gasteiger partial charge in [0.15, 0.2) is 0 Å². The summed E-state index contributed by atoms with van der Waals surface area (Å²) in [6, 6.07) is 0.752. The topological polar surface area (TPSA) is 41.6 Å². The molecule has 4 atom stereocenters. The molecule has 0 aromatic heterocycles. The summed E-state index contributed by atoms with van der Waals surface area (Å²) in [6.07, 6.45) is 3.78. The van der Waals surface area contributed by atoms with Gasteiger partial charge in [-0.25, -0.2) is 0 Å². The summed E-state index contributed by atoms with van der Waals surface area (Å²) >= 11 is 0. The molecular weight excluding hydrogens is 204 g/mol. The highest BCUT2D eigenvalue weighted by atomic mass is 16.5. The molecular formula is C12H20N2O2. The van der Waals surface area contributed by atoms with Gasteiger partial charge in [0, 0.05) is 18.6 Å². The largest absolute Gasteiger partial charge is 0.379 e. The molecule has 3 fully saturated rings. The molecule has 1 aliphatic carbocycles. The number of rotatable bonds is 2. The van der Waals surface area contributed by atoms with E-state index < -0.39 is 0 Å². The molecule has 4 unspecified atom stereocenters. The lowest BCUT2D eigenvalue weighted by Gasteiger charge is -2.30. The molecule has 0 radical (unpaired) electrons. The normalized spacial score (nSPS) is 41.9. The maximum Gasteiger partial charge on any atom is 0.229 e. The van der Waals surface area contributed by atoms with Gasteiger partial charge in [0.1, 0.15) is 0 Å². The van der Waals surface area contributed by atoms with Crippen molar-refractivity contribution in [2.75, 3.05) is 26.8 Å². The van der Waals surface area contributed by atoms with E-state index in [1.54, 1.807) is 0 Å². The smallest absolute Gasteiger partial charge is 0.229 e. The molecule has 0 aromatic rings. The Morgan fingerprint density at radius 1 is 1.38 bits per heavy atom. The van der Waals surface area contributed by atoms with Gasteiger partial charge >= 0.3 is 0 Å². The fourth-order valence-electron chi connectivity index (χ4n) is 3.49. The van der Waals surface area contributed by atoms with Crippen LogP contribution in [0.3, 0.4) is 0 Å². The number of nitrogens with one attached hydrogen (secondary N) is 1. The number of nitrogens with zero attached hydrogens (tertiary/aromatic N) is 1. The van der Waals surface area contributed by atoms with Crippen LogP contribution >= 0.6 is 0 Å². The summed E-state index contributed by atoms with van der Waals surface area (Å²) in [5.74, 6) is 1.15. The maximum atomic E-state index is 12.4. The monoisotopic (exact) mass is 224 g/mol. The highest BCUT2D eigenvalue weighted by Gasteiger charge is 2.44. The highest BCUT2D eigenvalue weighted by molar-refractivity contribution is 5.80. The SMILES string of the molecule is CNC1COCC1C(=O)N1CC2CCC1C2. The first-order chi connectivity index (χ1) is 7.79. The predicted molar refractivity (Wildman–Crippen MR) is 60.0 cm³/mol. The van der Waals surface area contributed by atoms with Crippen molar-refractivity contribution >= 4 is 5.91 Å². The van der Waals surface area contributed by atoms with E-state index in [1.165, 1.54) is 19.3 Å². The zero-order chi connectivity index (χ0) is 11.1. The van der Waals surface area contributed by atoms with Gasteiger partial charge in [-0.15, -0.1) is 0 Å². The van der Waals surface area contributed by atoms with Gasteiger partial charge in [-0.05, 0) is 32.2 Å². The van der Waals surface area contributed by atoms with Crippen molar-refractivity contribution in [1.29, 1.82) is 0 Å². The van der Waals surface area contributed by atoms with Crippen LogP contribution in [0.25, 0.3) is 0 Å². The van der Waals surface area contributed by atoms with Gasteiger partial charge in [0.05, 0.1) is 19.1 Å². The average Bonchev–Trinajstić information content (AvgIpc) is 3.02. The fraction of sp³-hybridized carbons (Fsp3) is 0.917. The van der Waals surface area contributed by atoms with E-state index in [2.05, 4.69) is 10.2 Å². The Morgan fingerprint density at radius 3 is 2.88 bits per heavy atom. The molecule has 4 heteroatoms. The Hall–Kier alpha value is -0.610. The second-order valence-electron chi connectivity index (χ2n) is 5.36. The van der Waals surface area contributed by atoms with Crippen LogP contribution in [0, 0.1) is 11.8 Å². The van der Waals surface area contributed by atoms with Gasteiger partial charge in [-0.1, -0.05) is 0 Å². The van der Waals surface area contributed by atoms with Gasteiger partial charge < -0.3 is 15.0 Å². The first kappa shape index (κ1) is 10.5. The van der Waals surface area contributed by atoms with E-state index in [1.807, 2.05) is 7.05 Å². The Bertz CT molecular complexity index is 287. The third-order valence-electron chi connectivity index (χ3n) is 4.46. The summed E-state index contributed by atoms with van der Waals surface area (Å²) in [6.45, 7) is 2.27. The van der Waals surface area contributed by atoms with E-state index in [9.17, 15) is 4.79 Å². The number of fused-ring (bicyclic) bond motifs is 2. The zero-order valence-corrected chi connectivity index (χ0v) is 9.82. The van der Waals surface area contributed by atoms with Gasteiger partial charge in [0.25, 0.3) is 0 Å². The molecule has 0 aromatic carbocycles. The lowest BCUT2D eigenvalue weighted by Crippen LogP contribution is -2.47. The van der Waals surface area contributed by atoms with E-state index in [-0.39, 0.29) is 12.0 Å². The number of ether oxygens (including phenoxy) is 1. The lowest BCUT2D eigenvalue weighted by molar-refractivity contribution is -0.137. The van der Waals surface area contributed by atoms with E-state index in [4.69, 9.17) is 4.74 Å². The molecule has 1 amide bonds. The van der Waals surface area contributed by atoms with Crippen LogP contribution in [-0.2, 0) is 9.53 Å². The maximum absolute atomic E-state index is 12.4. The molecule has 4 nitrogen and oxygen atoms in total. The summed E-state index contributed by atoms with van der Waals surface area (Å²) in [4.78, 5) is 14.5. The van der Waals surface area contributed by atoms with Gasteiger partial charge in [-0.3, -0.25) is 4.79 Å². The number of likely N-dealkylation sites (N-methyl/N-ethyl adjacent to an activating group) is 1. The first-order valence-electron chi connectivity index (χ1n) is 6.35. The molecule has 3 rings (SSSR count). The molecule has 2 bridgehead atoms. The quantitative estimate of drug-likeness (QED) is 0.730. The second-order valence-corrected chi connectivity index (χ2v) is 5.36. The van der Waals surface area contributed by atoms with Crippen molar-refractivity contribution < 1.29 is 9.53 Å². The van der Waals surface area contributed by atoms with Crippen LogP contribution in [0.1, 0.15) is 19.3 Å². The van der Waals surface area contributed by atoms with E-state index in [0.29, 0.717) is 25.2 Å². The van der Waals surface area contributed by atoms with Gasteiger partial charge in [0.2, 0.25) is 5.91 Å². The molecule has 2 aliphatic heterocycles. The average molecular weight is 224 g/mol. The van der Waals surface area contributed by atoms with Crippen LogP contribution in [0.4, 0.5) is 0 Å². The van der Waals surface area contributed by atoms with Crippen molar-refractivity contribution in [1.82, 2.24) is 10.2 Å². The second kappa shape index (κ2) is 4.00. The Labute approximate surface area is 96.3 Å². The lowest BCUT2D eigenvalue weighted by atomic mass is 10.0. The third kappa shape index (κ3) is 1.55. The van der Waals surface area contributed by atoms with Crippen LogP contribution in [0.5, 0.6) is 0 Å². The number of amides is 1. The number of hydrogen-bond acceptors (Lipinski definition) is 3. The number of carbonyl (C=O) groups excluding carboxylic acids is 1. The van der Waals surface area contributed by atoms with E-state index in [0.717, 1.165) is 12.5 Å².